The summed E-state index contributed by atoms with van der Waals surface area (Å²) in [5.74, 6) is 1.27. The number of aromatic amines is 1. The van der Waals surface area contributed by atoms with Gasteiger partial charge in [-0.1, -0.05) is 19.1 Å². The van der Waals surface area contributed by atoms with Crippen molar-refractivity contribution in [1.82, 2.24) is 15.3 Å². The van der Waals surface area contributed by atoms with Crippen LogP contribution < -0.4 is 15.6 Å². The Labute approximate surface area is 124 Å². The van der Waals surface area contributed by atoms with Gasteiger partial charge in [-0.3, -0.25) is 4.79 Å². The normalized spacial score (nSPS) is 10.6. The fourth-order valence-electron chi connectivity index (χ4n) is 2.06. The number of hydrogen-bond acceptors (Lipinski definition) is 4. The van der Waals surface area contributed by atoms with Crippen molar-refractivity contribution < 1.29 is 4.74 Å². The minimum atomic E-state index is -0.153. The lowest BCUT2D eigenvalue weighted by Crippen LogP contribution is -2.18. The van der Waals surface area contributed by atoms with Crippen LogP contribution in [-0.2, 0) is 6.54 Å². The monoisotopic (exact) mass is 287 g/mol. The van der Waals surface area contributed by atoms with Crippen molar-refractivity contribution in [2.24, 2.45) is 0 Å². The molecule has 2 aromatic rings. The van der Waals surface area contributed by atoms with Crippen LogP contribution in [0.25, 0.3) is 11.4 Å². The Hall–Kier alpha value is -2.14. The first-order chi connectivity index (χ1) is 10.2. The second kappa shape index (κ2) is 7.59. The average Bonchev–Trinajstić information content (AvgIpc) is 2.48. The minimum absolute atomic E-state index is 0.153. The molecule has 0 saturated heterocycles. The average molecular weight is 287 g/mol. The molecule has 1 aromatic carbocycles. The highest BCUT2D eigenvalue weighted by atomic mass is 16.5. The van der Waals surface area contributed by atoms with Gasteiger partial charge in [-0.2, -0.15) is 0 Å². The van der Waals surface area contributed by atoms with Gasteiger partial charge < -0.3 is 15.0 Å². The van der Waals surface area contributed by atoms with Crippen LogP contribution in [0.2, 0.25) is 0 Å². The van der Waals surface area contributed by atoms with Gasteiger partial charge in [0.1, 0.15) is 11.6 Å². The molecule has 112 valence electrons. The maximum Gasteiger partial charge on any atom is 0.251 e. The van der Waals surface area contributed by atoms with Crippen LogP contribution >= 0.6 is 0 Å². The van der Waals surface area contributed by atoms with Crippen molar-refractivity contribution in [1.29, 1.82) is 0 Å². The predicted octanol–water partition coefficient (Wildman–Crippen LogP) is 2.34. The van der Waals surface area contributed by atoms with E-state index in [0.717, 1.165) is 30.0 Å². The summed E-state index contributed by atoms with van der Waals surface area (Å²) in [7, 11) is 0. The zero-order chi connectivity index (χ0) is 15.1. The van der Waals surface area contributed by atoms with E-state index in [1.165, 1.54) is 6.07 Å². The Morgan fingerprint density at radius 2 is 2.10 bits per heavy atom. The third-order valence-electron chi connectivity index (χ3n) is 2.97. The molecule has 0 aliphatic rings. The van der Waals surface area contributed by atoms with Crippen molar-refractivity contribution in [3.05, 3.63) is 46.4 Å². The van der Waals surface area contributed by atoms with Crippen LogP contribution in [0.1, 0.15) is 26.0 Å². The molecule has 0 bridgehead atoms. The summed E-state index contributed by atoms with van der Waals surface area (Å²) in [4.78, 5) is 19.1. The maximum atomic E-state index is 11.8. The van der Waals surface area contributed by atoms with Crippen LogP contribution in [0.15, 0.2) is 35.1 Å². The number of para-hydroxylation sites is 1. The summed E-state index contributed by atoms with van der Waals surface area (Å²) in [6.45, 7) is 6.08. The zero-order valence-electron chi connectivity index (χ0n) is 12.5. The molecule has 0 fully saturated rings. The van der Waals surface area contributed by atoms with Gasteiger partial charge in [0.05, 0.1) is 17.9 Å². The van der Waals surface area contributed by atoms with E-state index in [-0.39, 0.29) is 5.56 Å². The van der Waals surface area contributed by atoms with E-state index in [9.17, 15) is 4.79 Å². The number of aromatic nitrogens is 2. The summed E-state index contributed by atoms with van der Waals surface area (Å²) >= 11 is 0. The molecule has 1 heterocycles. The van der Waals surface area contributed by atoms with Crippen LogP contribution in [0.5, 0.6) is 5.75 Å². The molecule has 0 saturated carbocycles. The van der Waals surface area contributed by atoms with Crippen molar-refractivity contribution in [3.8, 4) is 17.1 Å². The van der Waals surface area contributed by atoms with E-state index >= 15 is 0 Å². The molecule has 0 unspecified atom stereocenters. The molecule has 21 heavy (non-hydrogen) atoms. The van der Waals surface area contributed by atoms with Gasteiger partial charge in [0.2, 0.25) is 0 Å². The van der Waals surface area contributed by atoms with Crippen molar-refractivity contribution in [2.45, 2.75) is 26.8 Å². The Balaban J connectivity index is 2.33. The molecule has 1 aromatic heterocycles. The molecule has 0 aliphatic carbocycles. The Morgan fingerprint density at radius 3 is 2.86 bits per heavy atom. The Kier molecular flexibility index (Phi) is 5.51. The molecule has 0 radical (unpaired) electrons. The van der Waals surface area contributed by atoms with Crippen molar-refractivity contribution in [2.75, 3.05) is 13.2 Å². The molecule has 5 heteroatoms. The third-order valence-corrected chi connectivity index (χ3v) is 2.97. The SMILES string of the molecule is CCCNCc1cc(=O)[nH]c(-c2ccccc2OCC)n1. The number of ether oxygens (including phenoxy) is 1. The van der Waals surface area contributed by atoms with E-state index in [4.69, 9.17) is 4.74 Å². The highest BCUT2D eigenvalue weighted by Gasteiger charge is 2.09. The molecular formula is C16H21N3O2. The lowest BCUT2D eigenvalue weighted by Gasteiger charge is -2.10. The van der Waals surface area contributed by atoms with Crippen LogP contribution in [-0.4, -0.2) is 23.1 Å². The summed E-state index contributed by atoms with van der Waals surface area (Å²) in [6, 6.07) is 9.10. The lowest BCUT2D eigenvalue weighted by atomic mass is 10.2. The number of H-pyrrole nitrogens is 1. The second-order valence-electron chi connectivity index (χ2n) is 4.69. The van der Waals surface area contributed by atoms with E-state index in [2.05, 4.69) is 22.2 Å². The summed E-state index contributed by atoms with van der Waals surface area (Å²) in [6.07, 6.45) is 1.04. The topological polar surface area (TPSA) is 67.0 Å². The van der Waals surface area contributed by atoms with Crippen LogP contribution in [0.3, 0.4) is 0 Å². The predicted molar refractivity (Wildman–Crippen MR) is 83.5 cm³/mol. The Morgan fingerprint density at radius 1 is 1.29 bits per heavy atom. The first-order valence-corrected chi connectivity index (χ1v) is 7.27. The molecule has 0 aliphatic heterocycles. The van der Waals surface area contributed by atoms with Crippen LogP contribution in [0.4, 0.5) is 0 Å². The fourth-order valence-corrected chi connectivity index (χ4v) is 2.06. The van der Waals surface area contributed by atoms with Gasteiger partial charge in [-0.15, -0.1) is 0 Å². The highest BCUT2D eigenvalue weighted by Crippen LogP contribution is 2.26. The molecule has 5 nitrogen and oxygen atoms in total. The summed E-state index contributed by atoms with van der Waals surface area (Å²) < 4.78 is 5.59. The molecule has 2 rings (SSSR count). The minimum Gasteiger partial charge on any atom is -0.493 e. The quantitative estimate of drug-likeness (QED) is 0.767. The highest BCUT2D eigenvalue weighted by molar-refractivity contribution is 5.63. The van der Waals surface area contributed by atoms with Gasteiger partial charge in [-0.05, 0) is 32.0 Å². The van der Waals surface area contributed by atoms with Crippen molar-refractivity contribution in [3.63, 3.8) is 0 Å². The van der Waals surface area contributed by atoms with Gasteiger partial charge in [0.25, 0.3) is 5.56 Å². The smallest absolute Gasteiger partial charge is 0.251 e. The van der Waals surface area contributed by atoms with Crippen LogP contribution in [0, 0.1) is 0 Å². The van der Waals surface area contributed by atoms with Gasteiger partial charge in [0.15, 0.2) is 0 Å². The van der Waals surface area contributed by atoms with E-state index in [0.29, 0.717) is 19.0 Å². The summed E-state index contributed by atoms with van der Waals surface area (Å²) in [5, 5.41) is 3.25. The largest absolute Gasteiger partial charge is 0.493 e. The standard InChI is InChI=1S/C16H21N3O2/c1-3-9-17-11-12-10-15(20)19-16(18-12)13-7-5-6-8-14(13)21-4-2/h5-8,10,17H,3-4,9,11H2,1-2H3,(H,18,19,20). The molecule has 0 atom stereocenters. The number of nitrogens with zero attached hydrogens (tertiary/aromatic N) is 1. The number of rotatable bonds is 7. The first kappa shape index (κ1) is 15.3. The Bertz CT molecular complexity index is 637. The lowest BCUT2D eigenvalue weighted by molar-refractivity contribution is 0.341. The number of hydrogen-bond donors (Lipinski definition) is 2. The van der Waals surface area contributed by atoms with E-state index in [1.54, 1.807) is 0 Å². The van der Waals surface area contributed by atoms with Crippen molar-refractivity contribution >= 4 is 0 Å². The summed E-state index contributed by atoms with van der Waals surface area (Å²) in [5.41, 5.74) is 1.38. The van der Waals surface area contributed by atoms with Gasteiger partial charge in [-0.25, -0.2) is 4.98 Å². The maximum absolute atomic E-state index is 11.8. The van der Waals surface area contributed by atoms with E-state index < -0.39 is 0 Å². The van der Waals surface area contributed by atoms with Gasteiger partial charge in [0, 0.05) is 12.6 Å². The zero-order valence-corrected chi connectivity index (χ0v) is 12.5. The molecule has 2 N–H and O–H groups in total. The first-order valence-electron chi connectivity index (χ1n) is 7.27. The van der Waals surface area contributed by atoms with Gasteiger partial charge >= 0.3 is 0 Å². The second-order valence-corrected chi connectivity index (χ2v) is 4.69. The molecular weight excluding hydrogens is 266 g/mol. The van der Waals surface area contributed by atoms with E-state index in [1.807, 2.05) is 31.2 Å². The number of nitrogens with one attached hydrogen (secondary N) is 2. The molecule has 0 amide bonds. The fraction of sp³-hybridized carbons (Fsp3) is 0.375. The molecule has 0 spiro atoms. The third kappa shape index (κ3) is 4.16. The number of benzene rings is 1.